The van der Waals surface area contributed by atoms with Gasteiger partial charge in [-0.05, 0) is 52.4 Å². The van der Waals surface area contributed by atoms with Gasteiger partial charge >= 0.3 is 0 Å². The maximum Gasteiger partial charge on any atom is 0.220 e. The number of aryl methyl sites for hydroxylation is 1. The molecule has 96 valence electrons. The van der Waals surface area contributed by atoms with Crippen molar-refractivity contribution in [2.24, 2.45) is 0 Å². The van der Waals surface area contributed by atoms with E-state index in [1.165, 1.54) is 9.75 Å². The molecule has 2 aromatic rings. The summed E-state index contributed by atoms with van der Waals surface area (Å²) in [5, 5.41) is 5.02. The molecule has 0 spiro atoms. The number of nitrogens with one attached hydrogen (secondary N) is 1. The number of halogens is 1. The lowest BCUT2D eigenvalue weighted by molar-refractivity contribution is -0.121. The highest BCUT2D eigenvalue weighted by molar-refractivity contribution is 9.11. The van der Waals surface area contributed by atoms with Gasteiger partial charge in [-0.15, -0.1) is 22.7 Å². The first kappa shape index (κ1) is 13.8. The number of thiophene rings is 2. The molecule has 0 aromatic carbocycles. The predicted octanol–water partition coefficient (Wildman–Crippen LogP) is 4.21. The fourth-order valence-corrected chi connectivity index (χ4v) is 3.77. The zero-order valence-corrected chi connectivity index (χ0v) is 13.0. The Labute approximate surface area is 123 Å². The van der Waals surface area contributed by atoms with Gasteiger partial charge in [0, 0.05) is 16.2 Å². The van der Waals surface area contributed by atoms with Crippen molar-refractivity contribution in [1.82, 2.24) is 5.32 Å². The molecule has 5 heteroatoms. The third-order valence-electron chi connectivity index (χ3n) is 2.50. The summed E-state index contributed by atoms with van der Waals surface area (Å²) in [6.07, 6.45) is 2.51. The van der Waals surface area contributed by atoms with Gasteiger partial charge in [0.2, 0.25) is 5.91 Å². The standard InChI is InChI=1S/C13H14BrNOS2/c14-12-7-6-11(18-12)9-15-13(16)5-1-3-10-4-2-8-17-10/h2,4,6-8H,1,3,5,9H2,(H,15,16). The lowest BCUT2D eigenvalue weighted by Gasteiger charge is -2.03. The number of hydrogen-bond acceptors (Lipinski definition) is 3. The molecule has 0 unspecified atom stereocenters. The summed E-state index contributed by atoms with van der Waals surface area (Å²) in [7, 11) is 0. The maximum absolute atomic E-state index is 11.6. The van der Waals surface area contributed by atoms with Crippen molar-refractivity contribution >= 4 is 44.5 Å². The van der Waals surface area contributed by atoms with Crippen LogP contribution in [-0.4, -0.2) is 5.91 Å². The summed E-state index contributed by atoms with van der Waals surface area (Å²) < 4.78 is 1.10. The molecule has 0 fully saturated rings. The van der Waals surface area contributed by atoms with Gasteiger partial charge in [0.15, 0.2) is 0 Å². The Morgan fingerprint density at radius 2 is 2.17 bits per heavy atom. The van der Waals surface area contributed by atoms with Crippen molar-refractivity contribution in [3.63, 3.8) is 0 Å². The van der Waals surface area contributed by atoms with Crippen LogP contribution in [0.4, 0.5) is 0 Å². The molecule has 0 atom stereocenters. The summed E-state index contributed by atoms with van der Waals surface area (Å²) in [5.41, 5.74) is 0. The smallest absolute Gasteiger partial charge is 0.220 e. The minimum absolute atomic E-state index is 0.135. The Balaban J connectivity index is 1.63. The molecule has 0 bridgehead atoms. The molecule has 0 aliphatic heterocycles. The van der Waals surface area contributed by atoms with Crippen LogP contribution in [-0.2, 0) is 17.8 Å². The van der Waals surface area contributed by atoms with Crippen LogP contribution in [0.25, 0.3) is 0 Å². The van der Waals surface area contributed by atoms with E-state index >= 15 is 0 Å². The lowest BCUT2D eigenvalue weighted by atomic mass is 10.2. The zero-order chi connectivity index (χ0) is 12.8. The van der Waals surface area contributed by atoms with Crippen LogP contribution >= 0.6 is 38.6 Å². The Hall–Kier alpha value is -0.650. The van der Waals surface area contributed by atoms with Gasteiger partial charge in [0.25, 0.3) is 0 Å². The van der Waals surface area contributed by atoms with Crippen LogP contribution in [0, 0.1) is 0 Å². The third-order valence-corrected chi connectivity index (χ3v) is 5.06. The van der Waals surface area contributed by atoms with Crippen LogP contribution in [0.3, 0.4) is 0 Å². The van der Waals surface area contributed by atoms with Gasteiger partial charge in [-0.1, -0.05) is 6.07 Å². The maximum atomic E-state index is 11.6. The second-order valence-electron chi connectivity index (χ2n) is 3.92. The van der Waals surface area contributed by atoms with Crippen molar-refractivity contribution in [3.8, 4) is 0 Å². The third kappa shape index (κ3) is 4.55. The minimum atomic E-state index is 0.135. The van der Waals surface area contributed by atoms with E-state index in [0.717, 1.165) is 16.6 Å². The van der Waals surface area contributed by atoms with Crippen LogP contribution in [0.1, 0.15) is 22.6 Å². The highest BCUT2D eigenvalue weighted by Gasteiger charge is 2.03. The van der Waals surface area contributed by atoms with Gasteiger partial charge in [-0.3, -0.25) is 4.79 Å². The lowest BCUT2D eigenvalue weighted by Crippen LogP contribution is -2.21. The predicted molar refractivity (Wildman–Crippen MR) is 81.1 cm³/mol. The summed E-state index contributed by atoms with van der Waals surface area (Å²) in [5.74, 6) is 0.135. The van der Waals surface area contributed by atoms with Gasteiger partial charge in [-0.2, -0.15) is 0 Å². The number of amides is 1. The fourth-order valence-electron chi connectivity index (χ4n) is 1.60. The summed E-state index contributed by atoms with van der Waals surface area (Å²) in [4.78, 5) is 14.2. The van der Waals surface area contributed by atoms with Gasteiger partial charge < -0.3 is 5.32 Å². The molecule has 1 amide bonds. The van der Waals surface area contributed by atoms with Crippen molar-refractivity contribution in [3.05, 3.63) is 43.2 Å². The highest BCUT2D eigenvalue weighted by Crippen LogP contribution is 2.21. The molecule has 0 saturated carbocycles. The molecule has 0 radical (unpaired) electrons. The molecule has 2 aromatic heterocycles. The normalized spacial score (nSPS) is 10.5. The number of carbonyl (C=O) groups excluding carboxylic acids is 1. The van der Waals surface area contributed by atoms with E-state index in [0.29, 0.717) is 13.0 Å². The van der Waals surface area contributed by atoms with E-state index < -0.39 is 0 Å². The molecule has 18 heavy (non-hydrogen) atoms. The van der Waals surface area contributed by atoms with Crippen molar-refractivity contribution in [2.45, 2.75) is 25.8 Å². The van der Waals surface area contributed by atoms with E-state index in [9.17, 15) is 4.79 Å². The first-order valence-electron chi connectivity index (χ1n) is 5.77. The van der Waals surface area contributed by atoms with E-state index in [4.69, 9.17) is 0 Å². The van der Waals surface area contributed by atoms with E-state index in [-0.39, 0.29) is 5.91 Å². The Morgan fingerprint density at radius 1 is 1.28 bits per heavy atom. The summed E-state index contributed by atoms with van der Waals surface area (Å²) in [6, 6.07) is 8.20. The topological polar surface area (TPSA) is 29.1 Å². The van der Waals surface area contributed by atoms with Crippen molar-refractivity contribution in [1.29, 1.82) is 0 Å². The average molecular weight is 344 g/mol. The van der Waals surface area contributed by atoms with Crippen molar-refractivity contribution < 1.29 is 4.79 Å². The SMILES string of the molecule is O=C(CCCc1cccs1)NCc1ccc(Br)s1. The second kappa shape index (κ2) is 7.07. The molecular weight excluding hydrogens is 330 g/mol. The molecule has 1 N–H and O–H groups in total. The van der Waals surface area contributed by atoms with Gasteiger partial charge in [0.1, 0.15) is 0 Å². The molecule has 0 saturated heterocycles. The van der Waals surface area contributed by atoms with E-state index in [1.807, 2.05) is 12.1 Å². The highest BCUT2D eigenvalue weighted by atomic mass is 79.9. The van der Waals surface area contributed by atoms with E-state index in [2.05, 4.69) is 38.8 Å². The Bertz CT molecular complexity index is 493. The molecule has 2 heterocycles. The first-order valence-corrected chi connectivity index (χ1v) is 8.26. The van der Waals surface area contributed by atoms with Gasteiger partial charge in [-0.25, -0.2) is 0 Å². The Kier molecular flexibility index (Phi) is 5.41. The van der Waals surface area contributed by atoms with E-state index in [1.54, 1.807) is 22.7 Å². The first-order chi connectivity index (χ1) is 8.74. The molecule has 0 aliphatic rings. The molecule has 2 rings (SSSR count). The number of rotatable bonds is 6. The fraction of sp³-hybridized carbons (Fsp3) is 0.308. The van der Waals surface area contributed by atoms with Crippen LogP contribution in [0.5, 0.6) is 0 Å². The monoisotopic (exact) mass is 343 g/mol. The Morgan fingerprint density at radius 3 is 2.83 bits per heavy atom. The average Bonchev–Trinajstić information content (AvgIpc) is 2.98. The zero-order valence-electron chi connectivity index (χ0n) is 9.82. The minimum Gasteiger partial charge on any atom is -0.351 e. The molecule has 2 nitrogen and oxygen atoms in total. The van der Waals surface area contributed by atoms with Crippen LogP contribution in [0.15, 0.2) is 33.4 Å². The quantitative estimate of drug-likeness (QED) is 0.836. The van der Waals surface area contributed by atoms with Gasteiger partial charge in [0.05, 0.1) is 10.3 Å². The number of hydrogen-bond donors (Lipinski definition) is 1. The largest absolute Gasteiger partial charge is 0.351 e. The van der Waals surface area contributed by atoms with Crippen LogP contribution < -0.4 is 5.32 Å². The van der Waals surface area contributed by atoms with Crippen LogP contribution in [0.2, 0.25) is 0 Å². The van der Waals surface area contributed by atoms with Crippen molar-refractivity contribution in [2.75, 3.05) is 0 Å². The second-order valence-corrected chi connectivity index (χ2v) is 7.50. The molecular formula is C13H14BrNOS2. The summed E-state index contributed by atoms with van der Waals surface area (Å²) in [6.45, 7) is 0.633. The summed E-state index contributed by atoms with van der Waals surface area (Å²) >= 11 is 6.82. The number of carbonyl (C=O) groups is 1. The molecule has 0 aliphatic carbocycles.